The van der Waals surface area contributed by atoms with Crippen molar-refractivity contribution < 1.29 is 9.90 Å². The van der Waals surface area contributed by atoms with Gasteiger partial charge in [-0.1, -0.05) is 72.8 Å². The van der Waals surface area contributed by atoms with Crippen molar-refractivity contribution in [3.8, 4) is 0 Å². The van der Waals surface area contributed by atoms with E-state index in [9.17, 15) is 9.90 Å². The Morgan fingerprint density at radius 2 is 1.65 bits per heavy atom. The molecule has 1 N–H and O–H groups in total. The number of hydrogen-bond acceptors (Lipinski definition) is 2. The summed E-state index contributed by atoms with van der Waals surface area (Å²) < 4.78 is 0. The average Bonchev–Trinajstić information content (AvgIpc) is 2.49. The highest BCUT2D eigenvalue weighted by Gasteiger charge is 2.14. The minimum absolute atomic E-state index is 0.532. The molecule has 0 radical (unpaired) electrons. The molecule has 2 nitrogen and oxygen atoms in total. The quantitative estimate of drug-likeness (QED) is 0.868. The second kappa shape index (κ2) is 7.56. The summed E-state index contributed by atoms with van der Waals surface area (Å²) in [5, 5.41) is 8.73. The van der Waals surface area contributed by atoms with Gasteiger partial charge >= 0.3 is 5.97 Å². The number of benzene rings is 2. The molecule has 0 saturated carbocycles. The monoisotopic (exact) mass is 284 g/mol. The smallest absolute Gasteiger partial charge is 0.320 e. The summed E-state index contributed by atoms with van der Waals surface area (Å²) in [6.45, 7) is 0. The lowest BCUT2D eigenvalue weighted by molar-refractivity contribution is -0.135. The Labute approximate surface area is 123 Å². The number of hydrogen-bond donors (Lipinski definition) is 1. The van der Waals surface area contributed by atoms with Gasteiger partial charge < -0.3 is 5.11 Å². The van der Waals surface area contributed by atoms with Gasteiger partial charge in [-0.2, -0.15) is 0 Å². The number of rotatable bonds is 6. The maximum Gasteiger partial charge on any atom is 0.320 e. The topological polar surface area (TPSA) is 37.3 Å². The molecule has 102 valence electrons. The van der Waals surface area contributed by atoms with Crippen molar-refractivity contribution in [2.24, 2.45) is 0 Å². The van der Waals surface area contributed by atoms with Crippen molar-refractivity contribution in [1.29, 1.82) is 0 Å². The first-order chi connectivity index (χ1) is 9.75. The van der Waals surface area contributed by atoms with E-state index in [0.29, 0.717) is 5.75 Å². The maximum atomic E-state index is 11.3. The predicted octanol–water partition coefficient (Wildman–Crippen LogP) is 4.09. The molecule has 2 rings (SSSR count). The molecule has 0 aliphatic heterocycles. The van der Waals surface area contributed by atoms with E-state index in [0.717, 1.165) is 11.1 Å². The number of carboxylic acids is 1. The molecule has 2 aromatic rings. The summed E-state index contributed by atoms with van der Waals surface area (Å²) in [6, 6.07) is 19.6. The number of aliphatic carboxylic acids is 1. The third-order valence-electron chi connectivity index (χ3n) is 2.78. The van der Waals surface area contributed by atoms with Crippen LogP contribution in [0.2, 0.25) is 0 Å². The van der Waals surface area contributed by atoms with E-state index < -0.39 is 11.2 Å². The fourth-order valence-electron chi connectivity index (χ4n) is 1.73. The third-order valence-corrected chi connectivity index (χ3v) is 4.00. The van der Waals surface area contributed by atoms with Gasteiger partial charge in [-0.15, -0.1) is 11.8 Å². The van der Waals surface area contributed by atoms with Gasteiger partial charge in [0, 0.05) is 5.75 Å². The van der Waals surface area contributed by atoms with E-state index in [4.69, 9.17) is 0 Å². The van der Waals surface area contributed by atoms with Gasteiger partial charge in [0.05, 0.1) is 0 Å². The molecule has 1 atom stereocenters. The molecule has 0 saturated heterocycles. The zero-order chi connectivity index (χ0) is 14.2. The zero-order valence-corrected chi connectivity index (χ0v) is 11.8. The van der Waals surface area contributed by atoms with Crippen molar-refractivity contribution in [3.05, 3.63) is 77.9 Å². The largest absolute Gasteiger partial charge is 0.480 e. The maximum absolute atomic E-state index is 11.3. The van der Waals surface area contributed by atoms with Crippen LogP contribution >= 0.6 is 11.8 Å². The van der Waals surface area contributed by atoms with Gasteiger partial charge in [-0.3, -0.25) is 4.79 Å². The molecule has 0 aliphatic carbocycles. The summed E-state index contributed by atoms with van der Waals surface area (Å²) in [5.74, 6) is -0.116. The molecule has 0 aromatic heterocycles. The Balaban J connectivity index is 1.97. The first-order valence-corrected chi connectivity index (χ1v) is 7.42. The van der Waals surface area contributed by atoms with E-state index in [-0.39, 0.29) is 0 Å². The normalized spacial score (nSPS) is 12.4. The highest BCUT2D eigenvalue weighted by Crippen LogP contribution is 2.20. The van der Waals surface area contributed by atoms with Crippen LogP contribution in [0.1, 0.15) is 11.1 Å². The van der Waals surface area contributed by atoms with Gasteiger partial charge in [-0.05, 0) is 11.1 Å². The minimum atomic E-state index is -0.807. The minimum Gasteiger partial charge on any atom is -0.480 e. The van der Waals surface area contributed by atoms with E-state index in [1.54, 1.807) is 6.08 Å². The van der Waals surface area contributed by atoms with Crippen LogP contribution in [0.4, 0.5) is 0 Å². The average molecular weight is 284 g/mol. The number of carbonyl (C=O) groups is 1. The molecule has 2 aromatic carbocycles. The lowest BCUT2D eigenvalue weighted by atomic mass is 10.2. The second-order valence-electron chi connectivity index (χ2n) is 4.33. The first kappa shape index (κ1) is 14.4. The fraction of sp³-hybridized carbons (Fsp3) is 0.118. The second-order valence-corrected chi connectivity index (χ2v) is 5.46. The fourth-order valence-corrected chi connectivity index (χ4v) is 2.63. The zero-order valence-electron chi connectivity index (χ0n) is 11.0. The molecule has 0 spiro atoms. The summed E-state index contributed by atoms with van der Waals surface area (Å²) in [7, 11) is 0. The predicted molar refractivity (Wildman–Crippen MR) is 84.6 cm³/mol. The molecule has 0 amide bonds. The molecule has 20 heavy (non-hydrogen) atoms. The highest BCUT2D eigenvalue weighted by atomic mass is 32.2. The van der Waals surface area contributed by atoms with Gasteiger partial charge in [0.25, 0.3) is 0 Å². The molecule has 0 aliphatic rings. The van der Waals surface area contributed by atoms with Gasteiger partial charge in [0.2, 0.25) is 0 Å². The molecule has 0 heterocycles. The number of carboxylic acid groups (broad SMARTS) is 1. The Kier molecular flexibility index (Phi) is 5.44. The highest BCUT2D eigenvalue weighted by molar-refractivity contribution is 8.00. The van der Waals surface area contributed by atoms with E-state index in [1.165, 1.54) is 11.8 Å². The van der Waals surface area contributed by atoms with Crippen molar-refractivity contribution in [2.45, 2.75) is 11.0 Å². The summed E-state index contributed by atoms with van der Waals surface area (Å²) in [6.07, 6.45) is 3.60. The Morgan fingerprint density at radius 1 is 1.05 bits per heavy atom. The lowest BCUT2D eigenvalue weighted by Gasteiger charge is -2.07. The van der Waals surface area contributed by atoms with Crippen molar-refractivity contribution in [2.75, 3.05) is 0 Å². The van der Waals surface area contributed by atoms with Crippen LogP contribution in [0.5, 0.6) is 0 Å². The van der Waals surface area contributed by atoms with Gasteiger partial charge in [0.1, 0.15) is 5.25 Å². The van der Waals surface area contributed by atoms with Crippen LogP contribution < -0.4 is 0 Å². The number of thioether (sulfide) groups is 1. The Hall–Kier alpha value is -2.00. The summed E-state index contributed by atoms with van der Waals surface area (Å²) in [4.78, 5) is 11.3. The molecule has 1 unspecified atom stereocenters. The van der Waals surface area contributed by atoms with Crippen molar-refractivity contribution >= 4 is 23.8 Å². The van der Waals surface area contributed by atoms with Crippen molar-refractivity contribution in [1.82, 2.24) is 0 Å². The molecule has 0 bridgehead atoms. The van der Waals surface area contributed by atoms with Crippen LogP contribution in [0.3, 0.4) is 0 Å². The van der Waals surface area contributed by atoms with E-state index in [2.05, 4.69) is 0 Å². The summed E-state index contributed by atoms with van der Waals surface area (Å²) in [5.41, 5.74) is 2.15. The van der Waals surface area contributed by atoms with Gasteiger partial charge in [0.15, 0.2) is 0 Å². The Bertz CT molecular complexity index is 564. The van der Waals surface area contributed by atoms with Crippen LogP contribution in [0.15, 0.2) is 66.7 Å². The van der Waals surface area contributed by atoms with E-state index >= 15 is 0 Å². The van der Waals surface area contributed by atoms with Crippen LogP contribution in [-0.2, 0) is 10.5 Å². The SMILES string of the molecule is O=C(O)C(/C=C/c1ccccc1)SCc1ccccc1. The van der Waals surface area contributed by atoms with Crippen LogP contribution in [0, 0.1) is 0 Å². The Morgan fingerprint density at radius 3 is 2.25 bits per heavy atom. The van der Waals surface area contributed by atoms with Crippen molar-refractivity contribution in [3.63, 3.8) is 0 Å². The molecular formula is C17H16O2S. The lowest BCUT2D eigenvalue weighted by Crippen LogP contribution is -2.13. The molecule has 3 heteroatoms. The summed E-state index contributed by atoms with van der Waals surface area (Å²) >= 11 is 1.42. The molecular weight excluding hydrogens is 268 g/mol. The molecule has 0 fully saturated rings. The van der Waals surface area contributed by atoms with Crippen LogP contribution in [0.25, 0.3) is 6.08 Å². The van der Waals surface area contributed by atoms with Gasteiger partial charge in [-0.25, -0.2) is 0 Å². The van der Waals surface area contributed by atoms with E-state index in [1.807, 2.05) is 66.7 Å². The third kappa shape index (κ3) is 4.59. The first-order valence-electron chi connectivity index (χ1n) is 6.37. The van der Waals surface area contributed by atoms with Crippen LogP contribution in [-0.4, -0.2) is 16.3 Å². The standard InChI is InChI=1S/C17H16O2S/c18-17(19)16(12-11-14-7-3-1-4-8-14)20-13-15-9-5-2-6-10-15/h1-12,16H,13H2,(H,18,19)/b12-11+.